The van der Waals surface area contributed by atoms with Crippen molar-refractivity contribution in [2.24, 2.45) is 0 Å². The van der Waals surface area contributed by atoms with Gasteiger partial charge in [0.15, 0.2) is 18.2 Å². The second-order valence-corrected chi connectivity index (χ2v) is 7.89. The number of carbonyl (C=O) groups is 1. The van der Waals surface area contributed by atoms with E-state index in [9.17, 15) is 9.18 Å². The van der Waals surface area contributed by atoms with Crippen molar-refractivity contribution in [3.05, 3.63) is 68.7 Å². The number of carbonyl (C=O) groups excluding carboxylic acids is 1. The van der Waals surface area contributed by atoms with Crippen LogP contribution in [0.4, 0.5) is 4.39 Å². The summed E-state index contributed by atoms with van der Waals surface area (Å²) in [6.45, 7) is 2.25. The Morgan fingerprint density at radius 3 is 2.70 bits per heavy atom. The van der Waals surface area contributed by atoms with Crippen LogP contribution < -0.4 is 10.1 Å². The number of nitrogens with one attached hydrogen (secondary N) is 1. The van der Waals surface area contributed by atoms with Gasteiger partial charge in [0.05, 0.1) is 10.7 Å². The maximum Gasteiger partial charge on any atom is 0.257 e. The fourth-order valence-electron chi connectivity index (χ4n) is 2.47. The minimum atomic E-state index is -0.507. The van der Waals surface area contributed by atoms with Crippen molar-refractivity contribution in [1.29, 1.82) is 0 Å². The van der Waals surface area contributed by atoms with Gasteiger partial charge < -0.3 is 10.1 Å². The molecule has 1 amide bonds. The molecule has 1 N–H and O–H groups in total. The fourth-order valence-corrected chi connectivity index (χ4v) is 3.43. The van der Waals surface area contributed by atoms with Crippen LogP contribution in [-0.4, -0.2) is 24.0 Å². The molecule has 2 aromatic carbocycles. The first-order chi connectivity index (χ1) is 13.0. The van der Waals surface area contributed by atoms with Gasteiger partial charge in [-0.05, 0) is 37.1 Å². The molecular formula is C20H18BrFN2O2S. The standard InChI is InChI=1S/C20H18BrFN2O2S/c1-13-24-18(12-27-13)15-4-2-14(3-5-15)8-9-23-20(25)11-26-19-7-6-16(21)10-17(19)22/h2-7,10,12H,8-9,11H2,1H3,(H,23,25). The SMILES string of the molecule is Cc1nc(-c2ccc(CCNC(=O)COc3ccc(Br)cc3F)cc2)cs1. The molecule has 0 fully saturated rings. The number of thiazole rings is 1. The zero-order valence-corrected chi connectivity index (χ0v) is 17.1. The number of halogens is 2. The maximum absolute atomic E-state index is 13.6. The third-order valence-corrected chi connectivity index (χ3v) is 5.12. The Balaban J connectivity index is 1.43. The van der Waals surface area contributed by atoms with E-state index in [0.717, 1.165) is 21.8 Å². The topological polar surface area (TPSA) is 51.2 Å². The highest BCUT2D eigenvalue weighted by molar-refractivity contribution is 9.10. The highest BCUT2D eigenvalue weighted by Gasteiger charge is 2.07. The number of hydrogen-bond donors (Lipinski definition) is 1. The average Bonchev–Trinajstić information content (AvgIpc) is 3.08. The molecule has 0 saturated heterocycles. The second kappa shape index (κ2) is 9.10. The van der Waals surface area contributed by atoms with E-state index in [2.05, 4.69) is 26.2 Å². The number of amides is 1. The van der Waals surface area contributed by atoms with Crippen molar-refractivity contribution in [3.63, 3.8) is 0 Å². The molecular weight excluding hydrogens is 431 g/mol. The first-order valence-electron chi connectivity index (χ1n) is 8.37. The molecule has 7 heteroatoms. The molecule has 140 valence electrons. The number of ether oxygens (including phenoxy) is 1. The lowest BCUT2D eigenvalue weighted by Gasteiger charge is -2.09. The lowest BCUT2D eigenvalue weighted by atomic mass is 10.1. The summed E-state index contributed by atoms with van der Waals surface area (Å²) < 4.78 is 19.5. The van der Waals surface area contributed by atoms with Gasteiger partial charge in [0, 0.05) is 22.0 Å². The van der Waals surface area contributed by atoms with Crippen LogP contribution >= 0.6 is 27.3 Å². The van der Waals surface area contributed by atoms with Gasteiger partial charge >= 0.3 is 0 Å². The van der Waals surface area contributed by atoms with Crippen LogP contribution in [0.25, 0.3) is 11.3 Å². The number of benzene rings is 2. The summed E-state index contributed by atoms with van der Waals surface area (Å²) in [5.41, 5.74) is 3.18. The molecule has 4 nitrogen and oxygen atoms in total. The van der Waals surface area contributed by atoms with Gasteiger partial charge in [-0.1, -0.05) is 40.2 Å². The van der Waals surface area contributed by atoms with Gasteiger partial charge in [0.25, 0.3) is 5.91 Å². The van der Waals surface area contributed by atoms with Crippen molar-refractivity contribution >= 4 is 33.2 Å². The van der Waals surface area contributed by atoms with Gasteiger partial charge in [0.1, 0.15) is 0 Å². The van der Waals surface area contributed by atoms with Crippen molar-refractivity contribution in [2.75, 3.05) is 13.2 Å². The lowest BCUT2D eigenvalue weighted by Crippen LogP contribution is -2.30. The molecule has 0 spiro atoms. The Hall–Kier alpha value is -2.25. The molecule has 0 aliphatic carbocycles. The molecule has 1 heterocycles. The molecule has 1 aromatic heterocycles. The Bertz CT molecular complexity index is 928. The molecule has 3 aromatic rings. The summed E-state index contributed by atoms with van der Waals surface area (Å²) in [6.07, 6.45) is 0.703. The van der Waals surface area contributed by atoms with Crippen LogP contribution in [0.15, 0.2) is 52.3 Å². The highest BCUT2D eigenvalue weighted by atomic mass is 79.9. The summed E-state index contributed by atoms with van der Waals surface area (Å²) in [4.78, 5) is 16.3. The molecule has 0 atom stereocenters. The Labute approximate surface area is 169 Å². The van der Waals surface area contributed by atoms with Crippen LogP contribution in [0.2, 0.25) is 0 Å². The van der Waals surface area contributed by atoms with E-state index in [0.29, 0.717) is 17.4 Å². The summed E-state index contributed by atoms with van der Waals surface area (Å²) in [5.74, 6) is -0.735. The monoisotopic (exact) mass is 448 g/mol. The van der Waals surface area contributed by atoms with Crippen molar-refractivity contribution in [2.45, 2.75) is 13.3 Å². The zero-order chi connectivity index (χ0) is 19.2. The zero-order valence-electron chi connectivity index (χ0n) is 14.7. The van der Waals surface area contributed by atoms with Crippen LogP contribution in [0, 0.1) is 12.7 Å². The van der Waals surface area contributed by atoms with Crippen LogP contribution in [0.1, 0.15) is 10.6 Å². The highest BCUT2D eigenvalue weighted by Crippen LogP contribution is 2.22. The van der Waals surface area contributed by atoms with Crippen molar-refractivity contribution in [3.8, 4) is 17.0 Å². The largest absolute Gasteiger partial charge is 0.481 e. The van der Waals surface area contributed by atoms with E-state index in [1.54, 1.807) is 17.4 Å². The van der Waals surface area contributed by atoms with Gasteiger partial charge in [-0.15, -0.1) is 11.3 Å². The molecule has 0 aliphatic heterocycles. The number of aromatic nitrogens is 1. The quantitative estimate of drug-likeness (QED) is 0.566. The molecule has 27 heavy (non-hydrogen) atoms. The third-order valence-electron chi connectivity index (χ3n) is 3.86. The van der Waals surface area contributed by atoms with Gasteiger partial charge in [-0.3, -0.25) is 4.79 Å². The number of rotatable bonds is 7. The van der Waals surface area contributed by atoms with E-state index in [-0.39, 0.29) is 18.3 Å². The first-order valence-corrected chi connectivity index (χ1v) is 10.0. The second-order valence-electron chi connectivity index (χ2n) is 5.91. The number of aryl methyl sites for hydroxylation is 1. The average molecular weight is 449 g/mol. The number of nitrogens with zero attached hydrogens (tertiary/aromatic N) is 1. The third kappa shape index (κ3) is 5.61. The predicted molar refractivity (Wildman–Crippen MR) is 109 cm³/mol. The van der Waals surface area contributed by atoms with Crippen LogP contribution in [0.3, 0.4) is 0 Å². The molecule has 0 unspecified atom stereocenters. The summed E-state index contributed by atoms with van der Waals surface area (Å²) in [7, 11) is 0. The maximum atomic E-state index is 13.6. The minimum absolute atomic E-state index is 0.0567. The minimum Gasteiger partial charge on any atom is -0.481 e. The first kappa shape index (κ1) is 19.5. The summed E-state index contributed by atoms with van der Waals surface area (Å²) >= 11 is 4.80. The fraction of sp³-hybridized carbons (Fsp3) is 0.200. The smallest absolute Gasteiger partial charge is 0.257 e. The van der Waals surface area contributed by atoms with Crippen LogP contribution in [-0.2, 0) is 11.2 Å². The molecule has 3 rings (SSSR count). The molecule has 0 aliphatic rings. The number of hydrogen-bond acceptors (Lipinski definition) is 4. The molecule has 0 bridgehead atoms. The summed E-state index contributed by atoms with van der Waals surface area (Å²) in [6, 6.07) is 12.6. The van der Waals surface area contributed by atoms with Gasteiger partial charge in [-0.25, -0.2) is 9.37 Å². The molecule has 0 saturated carbocycles. The normalized spacial score (nSPS) is 10.6. The Kier molecular flexibility index (Phi) is 6.58. The van der Waals surface area contributed by atoms with E-state index >= 15 is 0 Å². The van der Waals surface area contributed by atoms with E-state index in [1.807, 2.05) is 36.6 Å². The van der Waals surface area contributed by atoms with Crippen molar-refractivity contribution < 1.29 is 13.9 Å². The van der Waals surface area contributed by atoms with E-state index in [1.165, 1.54) is 12.1 Å². The molecule has 0 radical (unpaired) electrons. The van der Waals surface area contributed by atoms with Crippen LogP contribution in [0.5, 0.6) is 5.75 Å². The predicted octanol–water partition coefficient (Wildman–Crippen LogP) is 4.76. The van der Waals surface area contributed by atoms with E-state index in [4.69, 9.17) is 4.74 Å². The Morgan fingerprint density at radius 1 is 1.26 bits per heavy atom. The Morgan fingerprint density at radius 2 is 2.04 bits per heavy atom. The van der Waals surface area contributed by atoms with Gasteiger partial charge in [-0.2, -0.15) is 0 Å². The van der Waals surface area contributed by atoms with E-state index < -0.39 is 5.82 Å². The van der Waals surface area contributed by atoms with Gasteiger partial charge in [0.2, 0.25) is 0 Å². The summed E-state index contributed by atoms with van der Waals surface area (Å²) in [5, 5.41) is 5.86. The van der Waals surface area contributed by atoms with Crippen molar-refractivity contribution in [1.82, 2.24) is 10.3 Å². The lowest BCUT2D eigenvalue weighted by molar-refractivity contribution is -0.123.